The van der Waals surface area contributed by atoms with Gasteiger partial charge in [0.1, 0.15) is 45.3 Å². The number of unbranched alkanes of at least 4 members (excludes halogenated alkanes) is 9. The second-order valence-electron chi connectivity index (χ2n) is 22.5. The van der Waals surface area contributed by atoms with Gasteiger partial charge < -0.3 is 47.7 Å². The van der Waals surface area contributed by atoms with Crippen LogP contribution >= 0.6 is 11.8 Å². The first-order valence-electron chi connectivity index (χ1n) is 31.3. The number of hydrogen-bond acceptors (Lipinski definition) is 15. The third kappa shape index (κ3) is 21.4. The van der Waals surface area contributed by atoms with E-state index in [9.17, 15) is 19.5 Å². The van der Waals surface area contributed by atoms with Crippen LogP contribution in [0.4, 0.5) is 0 Å². The molecular weight excluding hydrogens is 1110 g/mol. The highest BCUT2D eigenvalue weighted by Gasteiger charge is 2.30. The molecule has 0 bridgehead atoms. The number of carbonyl (C=O) groups excluding carboxylic acids is 3. The Morgan fingerprint density at radius 3 is 1.45 bits per heavy atom. The van der Waals surface area contributed by atoms with E-state index in [-0.39, 0.29) is 23.8 Å². The molecule has 460 valence electrons. The van der Waals surface area contributed by atoms with Gasteiger partial charge in [0.25, 0.3) is 0 Å². The maximum Gasteiger partial charge on any atom is 0.330 e. The van der Waals surface area contributed by atoms with Crippen molar-refractivity contribution in [1.29, 1.82) is 0 Å². The summed E-state index contributed by atoms with van der Waals surface area (Å²) in [4.78, 5) is 44.0. The first-order chi connectivity index (χ1) is 42.1. The van der Waals surface area contributed by atoms with E-state index in [1.165, 1.54) is 31.4 Å². The number of aromatic nitrogens is 1. The largest absolute Gasteiger partial charge is 0.494 e. The number of nitrogens with zero attached hydrogens (tertiary/aromatic N) is 1. The van der Waals surface area contributed by atoms with E-state index in [2.05, 4.69) is 50.4 Å². The molecule has 1 unspecified atom stereocenters. The van der Waals surface area contributed by atoms with Gasteiger partial charge in [0.05, 0.1) is 63.6 Å². The first-order valence-corrected chi connectivity index (χ1v) is 32.1. The van der Waals surface area contributed by atoms with E-state index in [1.807, 2.05) is 54.6 Å². The molecule has 1 atom stereocenters. The number of aliphatic hydroxyl groups is 1. The molecule has 0 amide bonds. The minimum Gasteiger partial charge on any atom is -0.494 e. The molecular formula is C71H87NO13S. The van der Waals surface area contributed by atoms with Crippen molar-refractivity contribution in [2.45, 2.75) is 152 Å². The van der Waals surface area contributed by atoms with Crippen molar-refractivity contribution >= 4 is 51.3 Å². The number of rotatable bonds is 37. The van der Waals surface area contributed by atoms with Crippen LogP contribution in [0.1, 0.15) is 135 Å². The Morgan fingerprint density at radius 1 is 0.512 bits per heavy atom. The zero-order chi connectivity index (χ0) is 60.1. The quantitative estimate of drug-likeness (QED) is 0.00743. The zero-order valence-corrected chi connectivity index (χ0v) is 51.0. The van der Waals surface area contributed by atoms with Gasteiger partial charge in [-0.15, -0.1) is 0 Å². The Morgan fingerprint density at radius 2 is 0.953 bits per heavy atom. The van der Waals surface area contributed by atoms with Gasteiger partial charge in [0.15, 0.2) is 6.29 Å². The highest BCUT2D eigenvalue weighted by Crippen LogP contribution is 2.40. The maximum absolute atomic E-state index is 13.3. The molecule has 6 aromatic rings. The molecule has 15 heteroatoms. The second kappa shape index (κ2) is 35.5. The number of benzene rings is 5. The first kappa shape index (κ1) is 64.9. The molecule has 2 aliphatic rings. The number of pyridine rings is 1. The number of fused-ring (bicyclic) bond motifs is 3. The van der Waals surface area contributed by atoms with Crippen LogP contribution in [0, 0.1) is 23.7 Å². The van der Waals surface area contributed by atoms with Crippen LogP contribution in [-0.2, 0) is 23.9 Å². The smallest absolute Gasteiger partial charge is 0.330 e. The number of aliphatic hydroxyl groups excluding tert-OH is 1. The molecule has 2 fully saturated rings. The van der Waals surface area contributed by atoms with Gasteiger partial charge >= 0.3 is 17.9 Å². The number of esters is 3. The predicted octanol–water partition coefficient (Wildman–Crippen LogP) is 16.2. The summed E-state index contributed by atoms with van der Waals surface area (Å²) in [6.45, 7) is 13.0. The van der Waals surface area contributed by atoms with Crippen LogP contribution in [0.15, 0.2) is 144 Å². The second-order valence-corrected chi connectivity index (χ2v) is 23.6. The lowest BCUT2D eigenvalue weighted by Crippen LogP contribution is -2.27. The van der Waals surface area contributed by atoms with Crippen molar-refractivity contribution in [2.24, 2.45) is 23.7 Å². The fourth-order valence-corrected chi connectivity index (χ4v) is 11.7. The Hall–Kier alpha value is -7.07. The van der Waals surface area contributed by atoms with Crippen molar-refractivity contribution in [3.05, 3.63) is 135 Å². The van der Waals surface area contributed by atoms with Gasteiger partial charge in [-0.25, -0.2) is 9.78 Å². The Kier molecular flexibility index (Phi) is 26.8. The highest BCUT2D eigenvalue weighted by molar-refractivity contribution is 7.99. The maximum atomic E-state index is 13.3. The van der Waals surface area contributed by atoms with Crippen LogP contribution < -0.4 is 33.2 Å². The standard InChI is InChI=1S/C71H87NO13S/c1-4-7-8-13-42-79-57-34-38-62(39-35-57)86-69-65-47-60(82-49-51-18-22-53(23-19-51)70(75)84-58-30-26-55(27-31-58)77-43-14-9-11-16-45-80-67(73)5-2)36-40-63(65)64-41-37-61(48-66(64)72-69)83-50-52-20-24-54(25-21-52)71(76)85-59-32-28-56(29-33-59)78-44-15-10-12-17-46-81-68(74)6-3/h5-6,26-41,47-48,51-54,68,74H,2-4,7-25,42-46,49-50H2,1H3. The molecule has 14 nitrogen and oxygen atoms in total. The molecule has 2 saturated carbocycles. The van der Waals surface area contributed by atoms with E-state index < -0.39 is 12.3 Å². The molecule has 86 heavy (non-hydrogen) atoms. The average Bonchev–Trinajstić information content (AvgIpc) is 1.92. The topological polar surface area (TPSA) is 167 Å². The average molecular weight is 1190 g/mol. The predicted molar refractivity (Wildman–Crippen MR) is 337 cm³/mol. The minimum absolute atomic E-state index is 0.160. The van der Waals surface area contributed by atoms with Crippen molar-refractivity contribution in [2.75, 3.05) is 46.2 Å². The summed E-state index contributed by atoms with van der Waals surface area (Å²) in [5, 5.41) is 13.3. The third-order valence-electron chi connectivity index (χ3n) is 15.9. The molecule has 0 aliphatic heterocycles. The monoisotopic (exact) mass is 1190 g/mol. The van der Waals surface area contributed by atoms with Gasteiger partial charge in [-0.3, -0.25) is 9.59 Å². The molecule has 1 N–H and O–H groups in total. The van der Waals surface area contributed by atoms with Crippen LogP contribution in [0.25, 0.3) is 21.7 Å². The SMILES string of the molecule is C=CC(=O)OCCCCCCOc1ccc(OC(=O)C2CCC(COc3ccc4c(c3)c(Sc3ccc(OCCCCCC)cc3)nc3cc(OCC5CCC(C(=O)Oc6ccc(OCCCCCCOC(O)C=C)cc6)CC5)ccc34)CC2)cc1. The van der Waals surface area contributed by atoms with E-state index in [4.69, 9.17) is 47.6 Å². The van der Waals surface area contributed by atoms with Gasteiger partial charge in [-0.2, -0.15) is 0 Å². The van der Waals surface area contributed by atoms with E-state index in [1.54, 1.807) is 36.0 Å². The summed E-state index contributed by atoms with van der Waals surface area (Å²) in [6.07, 6.45) is 20.1. The number of carbonyl (C=O) groups is 3. The highest BCUT2D eigenvalue weighted by atomic mass is 32.2. The fourth-order valence-electron chi connectivity index (χ4n) is 10.8. The molecule has 0 radical (unpaired) electrons. The molecule has 0 saturated heterocycles. The van der Waals surface area contributed by atoms with Gasteiger partial charge in [0, 0.05) is 27.8 Å². The molecule has 2 aliphatic carbocycles. The number of hydrogen-bond donors (Lipinski definition) is 1. The fraction of sp³-hybridized carbons (Fsp3) is 0.465. The lowest BCUT2D eigenvalue weighted by atomic mass is 9.82. The van der Waals surface area contributed by atoms with Crippen molar-refractivity contribution in [3.63, 3.8) is 0 Å². The van der Waals surface area contributed by atoms with Crippen molar-refractivity contribution < 1.29 is 62.1 Å². The Balaban J connectivity index is 0.806. The summed E-state index contributed by atoms with van der Waals surface area (Å²) < 4.78 is 52.7. The van der Waals surface area contributed by atoms with E-state index >= 15 is 0 Å². The molecule has 1 heterocycles. The summed E-state index contributed by atoms with van der Waals surface area (Å²) in [5.41, 5.74) is 0.840. The summed E-state index contributed by atoms with van der Waals surface area (Å²) in [5.74, 6) is 4.38. The molecule has 0 spiro atoms. The zero-order valence-electron chi connectivity index (χ0n) is 50.1. The van der Waals surface area contributed by atoms with Crippen molar-refractivity contribution in [3.8, 4) is 40.2 Å². The van der Waals surface area contributed by atoms with E-state index in [0.717, 1.165) is 169 Å². The molecule has 1 aromatic heterocycles. The Bertz CT molecular complexity index is 3040. The minimum atomic E-state index is -0.905. The lowest BCUT2D eigenvalue weighted by molar-refractivity contribution is -0.141. The number of ether oxygens (including phenoxy) is 9. The lowest BCUT2D eigenvalue weighted by Gasteiger charge is -2.27. The summed E-state index contributed by atoms with van der Waals surface area (Å²) >= 11 is 1.61. The van der Waals surface area contributed by atoms with Gasteiger partial charge in [-0.05, 0) is 229 Å². The van der Waals surface area contributed by atoms with Crippen molar-refractivity contribution in [1.82, 2.24) is 4.98 Å². The third-order valence-corrected chi connectivity index (χ3v) is 17.0. The van der Waals surface area contributed by atoms with Crippen LogP contribution in [-0.4, -0.2) is 80.5 Å². The Labute approximate surface area is 512 Å². The van der Waals surface area contributed by atoms with Crippen LogP contribution in [0.3, 0.4) is 0 Å². The summed E-state index contributed by atoms with van der Waals surface area (Å²) in [7, 11) is 0. The molecule has 8 rings (SSSR count). The summed E-state index contributed by atoms with van der Waals surface area (Å²) in [6, 6.07) is 35.2. The van der Waals surface area contributed by atoms with E-state index in [0.29, 0.717) is 69.6 Å². The van der Waals surface area contributed by atoms with Crippen LogP contribution in [0.2, 0.25) is 0 Å². The van der Waals surface area contributed by atoms with Gasteiger partial charge in [0.2, 0.25) is 0 Å². The molecule has 5 aromatic carbocycles. The van der Waals surface area contributed by atoms with Gasteiger partial charge in [-0.1, -0.05) is 57.5 Å². The van der Waals surface area contributed by atoms with Crippen LogP contribution in [0.5, 0.6) is 40.2 Å². The normalized spacial score (nSPS) is 17.0.